The lowest BCUT2D eigenvalue weighted by Crippen LogP contribution is -2.44. The van der Waals surface area contributed by atoms with Gasteiger partial charge in [-0.15, -0.1) is 0 Å². The molecule has 0 bridgehead atoms. The molecule has 3 rings (SSSR count). The average molecular weight is 454 g/mol. The molecule has 2 aromatic rings. The molecule has 0 atom stereocenters. The number of ether oxygens (including phenoxy) is 2. The highest BCUT2D eigenvalue weighted by atomic mass is 79.9. The summed E-state index contributed by atoms with van der Waals surface area (Å²) in [6.07, 6.45) is 5.11. The molecule has 27 heavy (non-hydrogen) atoms. The molecule has 2 heterocycles. The van der Waals surface area contributed by atoms with Gasteiger partial charge in [0.25, 0.3) is 0 Å². The Hall–Kier alpha value is -1.54. The third kappa shape index (κ3) is 5.25. The molecule has 1 aliphatic heterocycles. The zero-order valence-corrected chi connectivity index (χ0v) is 18.4. The number of amides is 1. The number of thioether (sulfide) groups is 1. The first kappa shape index (κ1) is 20.2. The van der Waals surface area contributed by atoms with E-state index in [0.29, 0.717) is 13.1 Å². The number of carbonyl (C=O) groups excluding carboxylic acids is 1. The summed E-state index contributed by atoms with van der Waals surface area (Å²) in [4.78, 5) is 22.8. The number of rotatable bonds is 3. The summed E-state index contributed by atoms with van der Waals surface area (Å²) >= 11 is 5.09. The number of likely N-dealkylation sites (tertiary alicyclic amines) is 1. The zero-order valence-electron chi connectivity index (χ0n) is 16.0. The van der Waals surface area contributed by atoms with Crippen LogP contribution in [0, 0.1) is 0 Å². The van der Waals surface area contributed by atoms with Crippen molar-refractivity contribution in [1.29, 1.82) is 0 Å². The molecule has 146 valence electrons. The third-order valence-electron chi connectivity index (χ3n) is 4.18. The molecule has 0 spiro atoms. The number of hydrogen-bond acceptors (Lipinski definition) is 6. The van der Waals surface area contributed by atoms with Crippen LogP contribution in [-0.4, -0.2) is 52.0 Å². The predicted octanol–water partition coefficient (Wildman–Crippen LogP) is 4.89. The monoisotopic (exact) mass is 453 g/mol. The molecule has 1 fully saturated rings. The van der Waals surface area contributed by atoms with Crippen LogP contribution in [0.5, 0.6) is 5.75 Å². The molecule has 6 nitrogen and oxygen atoms in total. The van der Waals surface area contributed by atoms with Crippen LogP contribution in [0.15, 0.2) is 28.0 Å². The number of fused-ring (bicyclic) bond motifs is 1. The van der Waals surface area contributed by atoms with Crippen molar-refractivity contribution < 1.29 is 14.3 Å². The molecule has 1 saturated heterocycles. The van der Waals surface area contributed by atoms with Gasteiger partial charge in [0, 0.05) is 43.6 Å². The standard InChI is InChI=1S/C19H24BrN3O3S/c1-19(2,3)26-18(24)23-7-5-13(6-8-23)25-16-10-15-12(9-14(16)20)11-21-17(22-15)27-4/h9-11,13H,5-8H2,1-4H3. The quantitative estimate of drug-likeness (QED) is 0.486. The van der Waals surface area contributed by atoms with Crippen molar-refractivity contribution in [1.82, 2.24) is 14.9 Å². The molecule has 0 radical (unpaired) electrons. The molecule has 1 aromatic heterocycles. The minimum atomic E-state index is -0.474. The van der Waals surface area contributed by atoms with Gasteiger partial charge in [-0.2, -0.15) is 0 Å². The van der Waals surface area contributed by atoms with E-state index in [9.17, 15) is 4.79 Å². The summed E-state index contributed by atoms with van der Waals surface area (Å²) in [6.45, 7) is 6.89. The van der Waals surface area contributed by atoms with Crippen LogP contribution in [0.4, 0.5) is 4.79 Å². The van der Waals surface area contributed by atoms with Crippen molar-refractivity contribution in [2.45, 2.75) is 50.5 Å². The normalized spacial score (nSPS) is 15.8. The number of nitrogens with zero attached hydrogens (tertiary/aromatic N) is 3. The maximum absolute atomic E-state index is 12.2. The van der Waals surface area contributed by atoms with E-state index in [4.69, 9.17) is 9.47 Å². The maximum atomic E-state index is 12.2. The summed E-state index contributed by atoms with van der Waals surface area (Å²) in [5.41, 5.74) is 0.386. The van der Waals surface area contributed by atoms with Gasteiger partial charge < -0.3 is 14.4 Å². The van der Waals surface area contributed by atoms with E-state index in [-0.39, 0.29) is 12.2 Å². The molecule has 8 heteroatoms. The van der Waals surface area contributed by atoms with Crippen molar-refractivity contribution in [2.24, 2.45) is 0 Å². The first-order valence-corrected chi connectivity index (χ1v) is 10.9. The van der Waals surface area contributed by atoms with Crippen molar-refractivity contribution in [3.05, 3.63) is 22.8 Å². The first-order valence-electron chi connectivity index (χ1n) is 8.90. The largest absolute Gasteiger partial charge is 0.489 e. The Labute approximate surface area is 172 Å². The van der Waals surface area contributed by atoms with Crippen LogP contribution >= 0.6 is 27.7 Å². The Balaban J connectivity index is 1.65. The molecular weight excluding hydrogens is 430 g/mol. The smallest absolute Gasteiger partial charge is 0.410 e. The van der Waals surface area contributed by atoms with E-state index in [2.05, 4.69) is 25.9 Å². The average Bonchev–Trinajstić information content (AvgIpc) is 2.61. The number of halogens is 1. The van der Waals surface area contributed by atoms with Gasteiger partial charge in [0.1, 0.15) is 17.5 Å². The van der Waals surface area contributed by atoms with Gasteiger partial charge in [0.05, 0.1) is 9.99 Å². The fraction of sp³-hybridized carbons (Fsp3) is 0.526. The molecule has 0 saturated carbocycles. The highest BCUT2D eigenvalue weighted by molar-refractivity contribution is 9.10. The topological polar surface area (TPSA) is 64.5 Å². The minimum absolute atomic E-state index is 0.0549. The van der Waals surface area contributed by atoms with Crippen LogP contribution in [0.1, 0.15) is 33.6 Å². The van der Waals surface area contributed by atoms with Gasteiger partial charge in [-0.3, -0.25) is 0 Å². The van der Waals surface area contributed by atoms with Crippen LogP contribution in [-0.2, 0) is 4.74 Å². The van der Waals surface area contributed by atoms with Crippen LogP contribution in [0.3, 0.4) is 0 Å². The van der Waals surface area contributed by atoms with Gasteiger partial charge in [0.15, 0.2) is 5.16 Å². The predicted molar refractivity (Wildman–Crippen MR) is 110 cm³/mol. The van der Waals surface area contributed by atoms with Crippen molar-refractivity contribution in [3.8, 4) is 5.75 Å². The number of carbonyl (C=O) groups is 1. The summed E-state index contributed by atoms with van der Waals surface area (Å²) in [7, 11) is 0. The van der Waals surface area contributed by atoms with Crippen molar-refractivity contribution in [3.63, 3.8) is 0 Å². The second kappa shape index (κ2) is 8.22. The second-order valence-corrected chi connectivity index (χ2v) is 9.11. The first-order chi connectivity index (χ1) is 12.7. The lowest BCUT2D eigenvalue weighted by molar-refractivity contribution is 0.0126. The minimum Gasteiger partial charge on any atom is -0.489 e. The fourth-order valence-electron chi connectivity index (χ4n) is 2.87. The zero-order chi connectivity index (χ0) is 19.6. The van der Waals surface area contributed by atoms with E-state index in [0.717, 1.165) is 39.1 Å². The number of aromatic nitrogens is 2. The Morgan fingerprint density at radius 1 is 1.30 bits per heavy atom. The molecular formula is C19H24BrN3O3S. The molecule has 1 amide bonds. The van der Waals surface area contributed by atoms with Crippen molar-refractivity contribution >= 4 is 44.7 Å². The van der Waals surface area contributed by atoms with E-state index >= 15 is 0 Å². The highest BCUT2D eigenvalue weighted by Crippen LogP contribution is 2.32. The van der Waals surface area contributed by atoms with E-state index in [1.807, 2.05) is 45.4 Å². The Morgan fingerprint density at radius 2 is 2.00 bits per heavy atom. The van der Waals surface area contributed by atoms with Gasteiger partial charge in [-0.05, 0) is 49.0 Å². The SMILES string of the molecule is CSc1ncc2cc(Br)c(OC3CCN(C(=O)OC(C)(C)C)CC3)cc2n1. The van der Waals surface area contributed by atoms with E-state index < -0.39 is 5.60 Å². The summed E-state index contributed by atoms with van der Waals surface area (Å²) in [6, 6.07) is 3.92. The lowest BCUT2D eigenvalue weighted by atomic mass is 10.1. The van der Waals surface area contributed by atoms with E-state index in [1.54, 1.807) is 4.90 Å². The Bertz CT molecular complexity index is 833. The Morgan fingerprint density at radius 3 is 2.63 bits per heavy atom. The molecule has 0 unspecified atom stereocenters. The maximum Gasteiger partial charge on any atom is 0.410 e. The third-order valence-corrected chi connectivity index (χ3v) is 5.36. The summed E-state index contributed by atoms with van der Waals surface area (Å²) in [5.74, 6) is 0.768. The van der Waals surface area contributed by atoms with E-state index in [1.165, 1.54) is 11.8 Å². The summed E-state index contributed by atoms with van der Waals surface area (Å²) in [5, 5.41) is 1.70. The molecule has 1 aliphatic rings. The fourth-order valence-corrected chi connectivity index (χ4v) is 3.67. The lowest BCUT2D eigenvalue weighted by Gasteiger charge is -2.33. The van der Waals surface area contributed by atoms with Gasteiger partial charge in [-0.25, -0.2) is 14.8 Å². The van der Waals surface area contributed by atoms with Gasteiger partial charge in [-0.1, -0.05) is 11.8 Å². The molecule has 0 aliphatic carbocycles. The molecule has 1 aromatic carbocycles. The number of hydrogen-bond donors (Lipinski definition) is 0. The van der Waals surface area contributed by atoms with Gasteiger partial charge in [0.2, 0.25) is 0 Å². The number of benzene rings is 1. The number of piperidine rings is 1. The van der Waals surface area contributed by atoms with Gasteiger partial charge >= 0.3 is 6.09 Å². The highest BCUT2D eigenvalue weighted by Gasteiger charge is 2.28. The molecule has 0 N–H and O–H groups in total. The Kier molecular flexibility index (Phi) is 6.15. The van der Waals surface area contributed by atoms with Crippen LogP contribution in [0.25, 0.3) is 10.9 Å². The van der Waals surface area contributed by atoms with Crippen LogP contribution in [0.2, 0.25) is 0 Å². The van der Waals surface area contributed by atoms with Crippen LogP contribution < -0.4 is 4.74 Å². The van der Waals surface area contributed by atoms with Crippen molar-refractivity contribution in [2.75, 3.05) is 19.3 Å². The second-order valence-electron chi connectivity index (χ2n) is 7.48. The summed E-state index contributed by atoms with van der Waals surface area (Å²) < 4.78 is 12.5.